The highest BCUT2D eigenvalue weighted by Gasteiger charge is 2.21. The molecular weight excluding hydrogens is 228 g/mol. The molecule has 0 unspecified atom stereocenters. The first-order valence-electron chi connectivity index (χ1n) is 5.28. The minimum Gasteiger partial charge on any atom is -0.480 e. The Labute approximate surface area is 100 Å². The van der Waals surface area contributed by atoms with Crippen molar-refractivity contribution < 1.29 is 14.7 Å². The fourth-order valence-electron chi connectivity index (χ4n) is 1.30. The van der Waals surface area contributed by atoms with E-state index < -0.39 is 12.0 Å². The van der Waals surface area contributed by atoms with Crippen LogP contribution in [-0.4, -0.2) is 53.0 Å². The van der Waals surface area contributed by atoms with Gasteiger partial charge in [0.2, 0.25) is 5.91 Å². The molecule has 0 radical (unpaired) electrons. The molecule has 0 aliphatic rings. The van der Waals surface area contributed by atoms with Crippen LogP contribution in [-0.2, 0) is 9.59 Å². The summed E-state index contributed by atoms with van der Waals surface area (Å²) in [4.78, 5) is 23.7. The number of rotatable bonds is 8. The number of carbonyl (C=O) groups is 2. The zero-order valence-electron chi connectivity index (χ0n) is 9.81. The first kappa shape index (κ1) is 15.2. The molecule has 0 aromatic carbocycles. The highest BCUT2D eigenvalue weighted by molar-refractivity contribution is 7.98. The van der Waals surface area contributed by atoms with Crippen molar-refractivity contribution in [2.75, 3.05) is 25.1 Å². The Bertz CT molecular complexity index is 236. The van der Waals surface area contributed by atoms with E-state index in [2.05, 4.69) is 0 Å². The van der Waals surface area contributed by atoms with Crippen molar-refractivity contribution in [1.29, 1.82) is 0 Å². The molecule has 1 amide bonds. The van der Waals surface area contributed by atoms with E-state index >= 15 is 0 Å². The second kappa shape index (κ2) is 8.41. The van der Waals surface area contributed by atoms with Crippen molar-refractivity contribution in [3.63, 3.8) is 0 Å². The highest BCUT2D eigenvalue weighted by Crippen LogP contribution is 2.03. The number of carboxylic acids is 1. The molecule has 1 atom stereocenters. The summed E-state index contributed by atoms with van der Waals surface area (Å²) in [6.45, 7) is 2.08. The van der Waals surface area contributed by atoms with Gasteiger partial charge in [0.1, 0.15) is 6.54 Å². The third-order valence-corrected chi connectivity index (χ3v) is 2.73. The molecule has 0 aliphatic carbocycles. The first-order chi connectivity index (χ1) is 7.52. The number of carboxylic acid groups (broad SMARTS) is 1. The van der Waals surface area contributed by atoms with Crippen molar-refractivity contribution in [3.05, 3.63) is 0 Å². The quantitative estimate of drug-likeness (QED) is 0.649. The molecular formula is C10H20N2O3S. The molecule has 5 nitrogen and oxygen atoms in total. The van der Waals surface area contributed by atoms with Crippen LogP contribution < -0.4 is 5.73 Å². The number of hydrogen-bond donors (Lipinski definition) is 2. The monoisotopic (exact) mass is 248 g/mol. The van der Waals surface area contributed by atoms with Crippen LogP contribution in [0.5, 0.6) is 0 Å². The Morgan fingerprint density at radius 3 is 2.56 bits per heavy atom. The first-order valence-corrected chi connectivity index (χ1v) is 6.67. The van der Waals surface area contributed by atoms with Crippen LogP contribution >= 0.6 is 11.8 Å². The molecule has 0 spiro atoms. The lowest BCUT2D eigenvalue weighted by atomic mass is 10.2. The normalized spacial score (nSPS) is 12.2. The molecule has 0 saturated carbocycles. The second-order valence-corrected chi connectivity index (χ2v) is 4.53. The molecule has 0 heterocycles. The van der Waals surface area contributed by atoms with Gasteiger partial charge in [-0.05, 0) is 24.9 Å². The van der Waals surface area contributed by atoms with Crippen molar-refractivity contribution in [2.24, 2.45) is 5.73 Å². The Balaban J connectivity index is 4.29. The van der Waals surface area contributed by atoms with Gasteiger partial charge in [0.15, 0.2) is 0 Å². The number of amides is 1. The largest absolute Gasteiger partial charge is 0.480 e. The molecule has 0 saturated heterocycles. The number of thioether (sulfide) groups is 1. The Morgan fingerprint density at radius 1 is 1.50 bits per heavy atom. The molecule has 0 fully saturated rings. The Kier molecular flexibility index (Phi) is 8.01. The van der Waals surface area contributed by atoms with Crippen LogP contribution in [0.2, 0.25) is 0 Å². The molecule has 0 aromatic rings. The maximum Gasteiger partial charge on any atom is 0.323 e. The lowest BCUT2D eigenvalue weighted by Gasteiger charge is -2.23. The van der Waals surface area contributed by atoms with Crippen molar-refractivity contribution in [3.8, 4) is 0 Å². The highest BCUT2D eigenvalue weighted by atomic mass is 32.2. The third-order valence-electron chi connectivity index (χ3n) is 2.08. The molecule has 3 N–H and O–H groups in total. The van der Waals surface area contributed by atoms with Gasteiger partial charge in [-0.3, -0.25) is 9.59 Å². The molecule has 6 heteroatoms. The van der Waals surface area contributed by atoms with Gasteiger partial charge in [0.25, 0.3) is 0 Å². The maximum absolute atomic E-state index is 11.8. The molecule has 0 rings (SSSR count). The van der Waals surface area contributed by atoms with Gasteiger partial charge in [-0.2, -0.15) is 11.8 Å². The molecule has 0 bridgehead atoms. The predicted octanol–water partition coefficient (Wildman–Crippen LogP) is 0.390. The van der Waals surface area contributed by atoms with E-state index in [0.29, 0.717) is 13.0 Å². The number of nitrogens with two attached hydrogens (primary N) is 1. The number of aliphatic carboxylic acids is 1. The van der Waals surface area contributed by atoms with E-state index in [1.807, 2.05) is 13.2 Å². The summed E-state index contributed by atoms with van der Waals surface area (Å²) in [5.74, 6) is -0.461. The molecule has 16 heavy (non-hydrogen) atoms. The fourth-order valence-corrected chi connectivity index (χ4v) is 1.79. The van der Waals surface area contributed by atoms with Crippen LogP contribution in [0.4, 0.5) is 0 Å². The minimum absolute atomic E-state index is 0.264. The summed E-state index contributed by atoms with van der Waals surface area (Å²) in [7, 11) is 0. The summed E-state index contributed by atoms with van der Waals surface area (Å²) in [5, 5.41) is 8.68. The van der Waals surface area contributed by atoms with Gasteiger partial charge < -0.3 is 15.7 Å². The summed E-state index contributed by atoms with van der Waals surface area (Å²) in [6.07, 6.45) is 3.26. The Morgan fingerprint density at radius 2 is 2.12 bits per heavy atom. The average Bonchev–Trinajstić information content (AvgIpc) is 2.23. The van der Waals surface area contributed by atoms with Crippen LogP contribution in [0.25, 0.3) is 0 Å². The standard InChI is InChI=1S/C10H20N2O3S/c1-3-5-12(7-9(13)14)10(15)8(11)4-6-16-2/h8H,3-7,11H2,1-2H3,(H,13,14)/t8-/m1/s1. The van der Waals surface area contributed by atoms with E-state index in [0.717, 1.165) is 12.2 Å². The van der Waals surface area contributed by atoms with Gasteiger partial charge in [0, 0.05) is 6.54 Å². The van der Waals surface area contributed by atoms with Crippen LogP contribution in [0.1, 0.15) is 19.8 Å². The SMILES string of the molecule is CCCN(CC(=O)O)C(=O)[C@H](N)CCSC. The Hall–Kier alpha value is -0.750. The molecule has 0 aromatic heterocycles. The molecule has 94 valence electrons. The number of carbonyl (C=O) groups excluding carboxylic acids is 1. The van der Waals surface area contributed by atoms with Gasteiger partial charge in [-0.25, -0.2) is 0 Å². The van der Waals surface area contributed by atoms with Gasteiger partial charge in [-0.1, -0.05) is 6.92 Å². The van der Waals surface area contributed by atoms with Crippen molar-refractivity contribution in [2.45, 2.75) is 25.8 Å². The zero-order chi connectivity index (χ0) is 12.6. The van der Waals surface area contributed by atoms with E-state index in [1.54, 1.807) is 11.8 Å². The maximum atomic E-state index is 11.8. The van der Waals surface area contributed by atoms with Crippen LogP contribution in [0, 0.1) is 0 Å². The van der Waals surface area contributed by atoms with Gasteiger partial charge in [-0.15, -0.1) is 0 Å². The summed E-state index contributed by atoms with van der Waals surface area (Å²) in [6, 6.07) is -0.585. The fraction of sp³-hybridized carbons (Fsp3) is 0.800. The average molecular weight is 248 g/mol. The lowest BCUT2D eigenvalue weighted by molar-refractivity contribution is -0.145. The third kappa shape index (κ3) is 5.97. The summed E-state index contributed by atoms with van der Waals surface area (Å²) >= 11 is 1.62. The smallest absolute Gasteiger partial charge is 0.323 e. The van der Waals surface area contributed by atoms with E-state index in [1.165, 1.54) is 4.90 Å². The lowest BCUT2D eigenvalue weighted by Crippen LogP contribution is -2.46. The zero-order valence-corrected chi connectivity index (χ0v) is 10.6. The summed E-state index contributed by atoms with van der Waals surface area (Å²) in [5.41, 5.74) is 5.71. The van der Waals surface area contributed by atoms with Gasteiger partial charge in [0.05, 0.1) is 6.04 Å². The number of nitrogens with zero attached hydrogens (tertiary/aromatic N) is 1. The topological polar surface area (TPSA) is 83.6 Å². The van der Waals surface area contributed by atoms with E-state index in [4.69, 9.17) is 10.8 Å². The minimum atomic E-state index is -1.00. The predicted molar refractivity (Wildman–Crippen MR) is 65.5 cm³/mol. The van der Waals surface area contributed by atoms with E-state index in [9.17, 15) is 9.59 Å². The van der Waals surface area contributed by atoms with E-state index in [-0.39, 0.29) is 12.5 Å². The molecule has 0 aliphatic heterocycles. The van der Waals surface area contributed by atoms with Crippen LogP contribution in [0.15, 0.2) is 0 Å². The van der Waals surface area contributed by atoms with Crippen molar-refractivity contribution in [1.82, 2.24) is 4.90 Å². The second-order valence-electron chi connectivity index (χ2n) is 3.54. The number of hydrogen-bond acceptors (Lipinski definition) is 4. The van der Waals surface area contributed by atoms with Crippen LogP contribution in [0.3, 0.4) is 0 Å². The van der Waals surface area contributed by atoms with Gasteiger partial charge >= 0.3 is 5.97 Å². The summed E-state index contributed by atoms with van der Waals surface area (Å²) < 4.78 is 0. The van der Waals surface area contributed by atoms with Crippen molar-refractivity contribution >= 4 is 23.6 Å².